The zero-order valence-corrected chi connectivity index (χ0v) is 9.14. The van der Waals surface area contributed by atoms with Gasteiger partial charge in [-0.2, -0.15) is 0 Å². The minimum Gasteiger partial charge on any atom is -0.497 e. The zero-order valence-electron chi connectivity index (χ0n) is 9.14. The average molecular weight is 221 g/mol. The Morgan fingerprint density at radius 1 is 1.69 bits per heavy atom. The van der Waals surface area contributed by atoms with Gasteiger partial charge in [-0.3, -0.25) is 10.1 Å². The van der Waals surface area contributed by atoms with E-state index in [2.05, 4.69) is 11.9 Å². The molecule has 1 rings (SSSR count). The number of benzene rings is 1. The Bertz CT molecular complexity index is 376. The molecule has 0 fully saturated rings. The highest BCUT2D eigenvalue weighted by Crippen LogP contribution is 2.19. The Kier molecular flexibility index (Phi) is 4.54. The van der Waals surface area contributed by atoms with Gasteiger partial charge >= 0.3 is 5.97 Å². The highest BCUT2D eigenvalue weighted by atomic mass is 16.5. The van der Waals surface area contributed by atoms with Crippen LogP contribution in [-0.2, 0) is 4.79 Å². The summed E-state index contributed by atoms with van der Waals surface area (Å²) in [5.41, 5.74) is 0.661. The summed E-state index contributed by atoms with van der Waals surface area (Å²) in [6, 6.07) is 6.25. The maximum absolute atomic E-state index is 11.1. The molecule has 0 spiro atoms. The van der Waals surface area contributed by atoms with Gasteiger partial charge in [0.15, 0.2) is 0 Å². The predicted molar refractivity (Wildman–Crippen MR) is 61.6 cm³/mol. The smallest absolute Gasteiger partial charge is 0.325 e. The molecule has 1 unspecified atom stereocenters. The first kappa shape index (κ1) is 12.3. The lowest BCUT2D eigenvalue weighted by Crippen LogP contribution is -2.28. The van der Waals surface area contributed by atoms with Crippen LogP contribution in [0.15, 0.2) is 36.9 Å². The molecule has 0 radical (unpaired) electrons. The summed E-state index contributed by atoms with van der Waals surface area (Å²) in [4.78, 5) is 11.1. The zero-order chi connectivity index (χ0) is 12.0. The quantitative estimate of drug-likeness (QED) is 0.716. The van der Waals surface area contributed by atoms with Crippen molar-refractivity contribution in [2.75, 3.05) is 13.7 Å². The largest absolute Gasteiger partial charge is 0.497 e. The van der Waals surface area contributed by atoms with Gasteiger partial charge in [-0.1, -0.05) is 18.2 Å². The molecule has 4 nitrogen and oxygen atoms in total. The fourth-order valence-electron chi connectivity index (χ4n) is 1.37. The van der Waals surface area contributed by atoms with Crippen LogP contribution in [0.4, 0.5) is 0 Å². The number of hydrogen-bond donors (Lipinski definition) is 2. The van der Waals surface area contributed by atoms with E-state index in [0.717, 1.165) is 0 Å². The molecule has 0 amide bonds. The standard InChI is InChI=1S/C12H15NO3/c1-3-7-13-11(12(14)15)9-5-4-6-10(8-9)16-2/h3-6,8,11,13H,1,7H2,2H3,(H,14,15). The van der Waals surface area contributed by atoms with Gasteiger partial charge in [0.1, 0.15) is 11.8 Å². The van der Waals surface area contributed by atoms with E-state index in [1.165, 1.54) is 0 Å². The van der Waals surface area contributed by atoms with E-state index in [1.807, 2.05) is 0 Å². The fourth-order valence-corrected chi connectivity index (χ4v) is 1.37. The molecule has 0 bridgehead atoms. The maximum Gasteiger partial charge on any atom is 0.325 e. The summed E-state index contributed by atoms with van der Waals surface area (Å²) in [5, 5.41) is 11.9. The molecule has 1 atom stereocenters. The highest BCUT2D eigenvalue weighted by Gasteiger charge is 2.18. The van der Waals surface area contributed by atoms with Crippen molar-refractivity contribution in [3.05, 3.63) is 42.5 Å². The van der Waals surface area contributed by atoms with Gasteiger partial charge in [-0.15, -0.1) is 6.58 Å². The SMILES string of the molecule is C=CCNC(C(=O)O)c1cccc(OC)c1. The third kappa shape index (κ3) is 3.10. The number of aliphatic carboxylic acids is 1. The number of carboxylic acid groups (broad SMARTS) is 1. The molecular weight excluding hydrogens is 206 g/mol. The van der Waals surface area contributed by atoms with Crippen LogP contribution in [0, 0.1) is 0 Å². The molecule has 1 aromatic carbocycles. The lowest BCUT2D eigenvalue weighted by Gasteiger charge is -2.14. The third-order valence-corrected chi connectivity index (χ3v) is 2.14. The molecule has 16 heavy (non-hydrogen) atoms. The third-order valence-electron chi connectivity index (χ3n) is 2.14. The lowest BCUT2D eigenvalue weighted by atomic mass is 10.1. The summed E-state index contributed by atoms with van der Waals surface area (Å²) in [6.45, 7) is 3.98. The fraction of sp³-hybridized carbons (Fsp3) is 0.250. The first-order chi connectivity index (χ1) is 7.69. The molecule has 4 heteroatoms. The summed E-state index contributed by atoms with van der Waals surface area (Å²) in [7, 11) is 1.55. The second kappa shape index (κ2) is 5.92. The van der Waals surface area contributed by atoms with Gasteiger partial charge in [0.2, 0.25) is 0 Å². The van der Waals surface area contributed by atoms with Crippen LogP contribution in [0.3, 0.4) is 0 Å². The number of carbonyl (C=O) groups is 1. The van der Waals surface area contributed by atoms with Crippen LogP contribution in [-0.4, -0.2) is 24.7 Å². The molecule has 2 N–H and O–H groups in total. The van der Waals surface area contributed by atoms with E-state index in [1.54, 1.807) is 37.5 Å². The van der Waals surface area contributed by atoms with E-state index in [-0.39, 0.29) is 0 Å². The normalized spacial score (nSPS) is 11.8. The van der Waals surface area contributed by atoms with Crippen LogP contribution in [0.2, 0.25) is 0 Å². The molecule has 0 aromatic heterocycles. The van der Waals surface area contributed by atoms with Crippen LogP contribution < -0.4 is 10.1 Å². The van der Waals surface area contributed by atoms with Crippen LogP contribution in [0.1, 0.15) is 11.6 Å². The second-order valence-corrected chi connectivity index (χ2v) is 3.24. The Balaban J connectivity index is 2.91. The van der Waals surface area contributed by atoms with E-state index >= 15 is 0 Å². The Morgan fingerprint density at radius 2 is 2.44 bits per heavy atom. The van der Waals surface area contributed by atoms with E-state index in [0.29, 0.717) is 17.9 Å². The molecular formula is C12H15NO3. The van der Waals surface area contributed by atoms with Crippen molar-refractivity contribution >= 4 is 5.97 Å². The van der Waals surface area contributed by atoms with Crippen molar-refractivity contribution in [2.24, 2.45) is 0 Å². The first-order valence-electron chi connectivity index (χ1n) is 4.90. The molecule has 1 aromatic rings. The first-order valence-corrected chi connectivity index (χ1v) is 4.90. The number of carboxylic acids is 1. The Labute approximate surface area is 94.6 Å². The van der Waals surface area contributed by atoms with Gasteiger partial charge in [0.05, 0.1) is 7.11 Å². The van der Waals surface area contributed by atoms with Crippen molar-refractivity contribution < 1.29 is 14.6 Å². The van der Waals surface area contributed by atoms with Gasteiger partial charge < -0.3 is 9.84 Å². The number of ether oxygens (including phenoxy) is 1. The van der Waals surface area contributed by atoms with Crippen LogP contribution in [0.5, 0.6) is 5.75 Å². The number of methoxy groups -OCH3 is 1. The van der Waals surface area contributed by atoms with Crippen molar-refractivity contribution in [1.29, 1.82) is 0 Å². The van der Waals surface area contributed by atoms with Crippen molar-refractivity contribution in [3.8, 4) is 5.75 Å². The van der Waals surface area contributed by atoms with Gasteiger partial charge in [-0.25, -0.2) is 0 Å². The Hall–Kier alpha value is -1.81. The summed E-state index contributed by atoms with van der Waals surface area (Å²) >= 11 is 0. The number of nitrogens with one attached hydrogen (secondary N) is 1. The average Bonchev–Trinajstić information content (AvgIpc) is 2.29. The molecule has 0 aliphatic rings. The summed E-state index contributed by atoms with van der Waals surface area (Å²) in [5.74, 6) is -0.278. The van der Waals surface area contributed by atoms with Crippen molar-refractivity contribution in [2.45, 2.75) is 6.04 Å². The Morgan fingerprint density at radius 3 is 3.00 bits per heavy atom. The lowest BCUT2D eigenvalue weighted by molar-refractivity contribution is -0.139. The molecule has 0 aliphatic heterocycles. The van der Waals surface area contributed by atoms with Gasteiger partial charge in [-0.05, 0) is 17.7 Å². The van der Waals surface area contributed by atoms with Crippen LogP contribution >= 0.6 is 0 Å². The number of rotatable bonds is 6. The van der Waals surface area contributed by atoms with Crippen LogP contribution in [0.25, 0.3) is 0 Å². The minimum atomic E-state index is -0.921. The molecule has 0 aliphatic carbocycles. The van der Waals surface area contributed by atoms with Gasteiger partial charge in [0.25, 0.3) is 0 Å². The monoisotopic (exact) mass is 221 g/mol. The van der Waals surface area contributed by atoms with Crippen molar-refractivity contribution in [1.82, 2.24) is 5.32 Å². The van der Waals surface area contributed by atoms with E-state index < -0.39 is 12.0 Å². The summed E-state index contributed by atoms with van der Waals surface area (Å²) < 4.78 is 5.05. The molecule has 0 saturated heterocycles. The number of hydrogen-bond acceptors (Lipinski definition) is 3. The maximum atomic E-state index is 11.1. The molecule has 0 saturated carbocycles. The summed E-state index contributed by atoms with van der Waals surface area (Å²) in [6.07, 6.45) is 1.62. The van der Waals surface area contributed by atoms with Gasteiger partial charge in [0, 0.05) is 6.54 Å². The highest BCUT2D eigenvalue weighted by molar-refractivity contribution is 5.75. The minimum absolute atomic E-state index is 0.439. The van der Waals surface area contributed by atoms with E-state index in [4.69, 9.17) is 9.84 Å². The van der Waals surface area contributed by atoms with E-state index in [9.17, 15) is 4.79 Å². The molecule has 0 heterocycles. The predicted octanol–water partition coefficient (Wildman–Crippen LogP) is 1.60. The van der Waals surface area contributed by atoms with Crippen molar-refractivity contribution in [3.63, 3.8) is 0 Å². The topological polar surface area (TPSA) is 58.6 Å². The second-order valence-electron chi connectivity index (χ2n) is 3.24. The molecule has 86 valence electrons.